The van der Waals surface area contributed by atoms with E-state index >= 15 is 0 Å². The summed E-state index contributed by atoms with van der Waals surface area (Å²) in [4.78, 5) is 29.6. The SMILES string of the molecule is CC1CC1C(NC(=O)CCn1cnc2ccc(Br)cc2c1=O)c1ccccc1. The normalized spacial score (nSPS) is 19.4. The van der Waals surface area contributed by atoms with Gasteiger partial charge in [0, 0.05) is 17.4 Å². The number of aryl methyl sites for hydroxylation is 1. The first-order valence-corrected chi connectivity index (χ1v) is 10.3. The monoisotopic (exact) mass is 439 g/mol. The van der Waals surface area contributed by atoms with Gasteiger partial charge in [-0.05, 0) is 42.0 Å². The zero-order valence-corrected chi connectivity index (χ0v) is 17.2. The molecule has 1 amide bonds. The van der Waals surface area contributed by atoms with Crippen LogP contribution in [0.5, 0.6) is 0 Å². The third-order valence-electron chi connectivity index (χ3n) is 5.44. The number of carbonyl (C=O) groups is 1. The van der Waals surface area contributed by atoms with Crippen LogP contribution in [-0.4, -0.2) is 15.5 Å². The van der Waals surface area contributed by atoms with Crippen molar-refractivity contribution in [3.63, 3.8) is 0 Å². The molecular formula is C22H22BrN3O2. The van der Waals surface area contributed by atoms with E-state index in [-0.39, 0.29) is 23.9 Å². The zero-order valence-electron chi connectivity index (χ0n) is 15.6. The van der Waals surface area contributed by atoms with Crippen LogP contribution in [0.3, 0.4) is 0 Å². The predicted octanol–water partition coefficient (Wildman–Crippen LogP) is 4.06. The minimum absolute atomic E-state index is 0.0334. The Hall–Kier alpha value is -2.47. The van der Waals surface area contributed by atoms with E-state index in [9.17, 15) is 9.59 Å². The summed E-state index contributed by atoms with van der Waals surface area (Å²) in [5.74, 6) is 1.05. The Balaban J connectivity index is 1.46. The Morgan fingerprint density at radius 2 is 2.04 bits per heavy atom. The van der Waals surface area contributed by atoms with Gasteiger partial charge >= 0.3 is 0 Å². The third-order valence-corrected chi connectivity index (χ3v) is 5.93. The first-order valence-electron chi connectivity index (χ1n) is 9.52. The molecule has 1 aliphatic carbocycles. The van der Waals surface area contributed by atoms with E-state index < -0.39 is 0 Å². The third kappa shape index (κ3) is 4.02. The largest absolute Gasteiger partial charge is 0.349 e. The molecule has 1 fully saturated rings. The lowest BCUT2D eigenvalue weighted by molar-refractivity contribution is -0.122. The number of hydrogen-bond acceptors (Lipinski definition) is 3. The Morgan fingerprint density at radius 3 is 2.75 bits per heavy atom. The number of amides is 1. The van der Waals surface area contributed by atoms with Crippen LogP contribution in [-0.2, 0) is 11.3 Å². The van der Waals surface area contributed by atoms with Crippen LogP contribution in [0.15, 0.2) is 64.1 Å². The molecule has 0 aliphatic heterocycles. The number of benzene rings is 2. The summed E-state index contributed by atoms with van der Waals surface area (Å²) in [7, 11) is 0. The second-order valence-corrected chi connectivity index (χ2v) is 8.40. The smallest absolute Gasteiger partial charge is 0.261 e. The Morgan fingerprint density at radius 1 is 1.29 bits per heavy atom. The molecule has 144 valence electrons. The van der Waals surface area contributed by atoms with E-state index in [1.54, 1.807) is 12.1 Å². The second-order valence-electron chi connectivity index (χ2n) is 7.49. The van der Waals surface area contributed by atoms with Gasteiger partial charge in [-0.3, -0.25) is 14.2 Å². The fourth-order valence-electron chi connectivity index (χ4n) is 3.67. The zero-order chi connectivity index (χ0) is 19.7. The van der Waals surface area contributed by atoms with Gasteiger partial charge in [-0.2, -0.15) is 0 Å². The maximum atomic E-state index is 12.7. The molecular weight excluding hydrogens is 418 g/mol. The van der Waals surface area contributed by atoms with Gasteiger partial charge in [0.2, 0.25) is 5.91 Å². The maximum absolute atomic E-state index is 12.7. The van der Waals surface area contributed by atoms with Crippen molar-refractivity contribution in [3.05, 3.63) is 75.2 Å². The molecule has 0 saturated heterocycles. The molecule has 4 rings (SSSR count). The van der Waals surface area contributed by atoms with Crippen LogP contribution in [0.4, 0.5) is 0 Å². The van der Waals surface area contributed by atoms with Crippen molar-refractivity contribution in [2.45, 2.75) is 32.4 Å². The van der Waals surface area contributed by atoms with Crippen LogP contribution in [0.25, 0.3) is 10.9 Å². The van der Waals surface area contributed by atoms with Crippen molar-refractivity contribution in [2.24, 2.45) is 11.8 Å². The average molecular weight is 440 g/mol. The van der Waals surface area contributed by atoms with Crippen molar-refractivity contribution >= 4 is 32.7 Å². The van der Waals surface area contributed by atoms with Crippen molar-refractivity contribution < 1.29 is 4.79 Å². The first kappa shape index (κ1) is 18.9. The summed E-state index contributed by atoms with van der Waals surface area (Å²) in [6, 6.07) is 15.6. The van der Waals surface area contributed by atoms with Gasteiger partial charge in [0.05, 0.1) is 23.3 Å². The molecule has 3 atom stereocenters. The van der Waals surface area contributed by atoms with Gasteiger partial charge in [-0.1, -0.05) is 53.2 Å². The lowest BCUT2D eigenvalue weighted by Crippen LogP contribution is -2.32. The molecule has 1 heterocycles. The quantitative estimate of drug-likeness (QED) is 0.629. The summed E-state index contributed by atoms with van der Waals surface area (Å²) in [5, 5.41) is 3.73. The van der Waals surface area contributed by atoms with E-state index in [1.807, 2.05) is 24.3 Å². The summed E-state index contributed by atoms with van der Waals surface area (Å²) in [5.41, 5.74) is 1.66. The highest BCUT2D eigenvalue weighted by molar-refractivity contribution is 9.10. The van der Waals surface area contributed by atoms with E-state index in [0.29, 0.717) is 29.3 Å². The fraction of sp³-hybridized carbons (Fsp3) is 0.318. The number of nitrogens with one attached hydrogen (secondary N) is 1. The first-order chi connectivity index (χ1) is 13.5. The van der Waals surface area contributed by atoms with Gasteiger partial charge in [-0.25, -0.2) is 4.98 Å². The Kier molecular flexibility index (Phi) is 5.31. The highest BCUT2D eigenvalue weighted by Crippen LogP contribution is 2.46. The number of aromatic nitrogens is 2. The van der Waals surface area contributed by atoms with Crippen LogP contribution >= 0.6 is 15.9 Å². The number of halogens is 1. The summed E-state index contributed by atoms with van der Waals surface area (Å²) >= 11 is 3.39. The topological polar surface area (TPSA) is 64.0 Å². The van der Waals surface area contributed by atoms with Crippen molar-refractivity contribution in [1.29, 1.82) is 0 Å². The van der Waals surface area contributed by atoms with Crippen LogP contribution < -0.4 is 10.9 Å². The molecule has 2 aromatic carbocycles. The van der Waals surface area contributed by atoms with Crippen molar-refractivity contribution in [1.82, 2.24) is 14.9 Å². The van der Waals surface area contributed by atoms with Gasteiger partial charge < -0.3 is 5.32 Å². The number of rotatable bonds is 6. The Bertz CT molecular complexity index is 1060. The van der Waals surface area contributed by atoms with E-state index in [0.717, 1.165) is 16.5 Å². The fourth-order valence-corrected chi connectivity index (χ4v) is 4.03. The van der Waals surface area contributed by atoms with Gasteiger partial charge in [-0.15, -0.1) is 0 Å². The predicted molar refractivity (Wildman–Crippen MR) is 113 cm³/mol. The molecule has 1 saturated carbocycles. The van der Waals surface area contributed by atoms with Crippen LogP contribution in [0.2, 0.25) is 0 Å². The van der Waals surface area contributed by atoms with Gasteiger partial charge in [0.25, 0.3) is 5.56 Å². The van der Waals surface area contributed by atoms with Gasteiger partial charge in [0.1, 0.15) is 0 Å². The van der Waals surface area contributed by atoms with Crippen LogP contribution in [0, 0.1) is 11.8 Å². The lowest BCUT2D eigenvalue weighted by atomic mass is 10.0. The Labute approximate surface area is 171 Å². The van der Waals surface area contributed by atoms with E-state index in [1.165, 1.54) is 10.9 Å². The molecule has 28 heavy (non-hydrogen) atoms. The summed E-state index contributed by atoms with van der Waals surface area (Å²) in [6.45, 7) is 2.52. The minimum atomic E-state index is -0.130. The molecule has 1 N–H and O–H groups in total. The summed E-state index contributed by atoms with van der Waals surface area (Å²) in [6.07, 6.45) is 2.89. The number of fused-ring (bicyclic) bond motifs is 1. The molecule has 0 spiro atoms. The van der Waals surface area contributed by atoms with Crippen molar-refractivity contribution in [2.75, 3.05) is 0 Å². The van der Waals surface area contributed by atoms with E-state index in [2.05, 4.69) is 45.3 Å². The molecule has 1 aromatic heterocycles. The molecule has 3 aromatic rings. The summed E-state index contributed by atoms with van der Waals surface area (Å²) < 4.78 is 2.34. The molecule has 6 heteroatoms. The highest BCUT2D eigenvalue weighted by atomic mass is 79.9. The molecule has 0 bridgehead atoms. The highest BCUT2D eigenvalue weighted by Gasteiger charge is 2.40. The van der Waals surface area contributed by atoms with E-state index in [4.69, 9.17) is 0 Å². The minimum Gasteiger partial charge on any atom is -0.349 e. The van der Waals surface area contributed by atoms with Gasteiger partial charge in [0.15, 0.2) is 0 Å². The standard InChI is InChI=1S/C22H22BrN3O2/c1-14-11-17(14)21(15-5-3-2-4-6-15)25-20(27)9-10-26-13-24-19-8-7-16(23)12-18(19)22(26)28/h2-8,12-14,17,21H,9-11H2,1H3,(H,25,27). The maximum Gasteiger partial charge on any atom is 0.261 e. The average Bonchev–Trinajstić information content (AvgIpc) is 3.43. The molecule has 5 nitrogen and oxygen atoms in total. The number of nitrogens with zero attached hydrogens (tertiary/aromatic N) is 2. The second kappa shape index (κ2) is 7.87. The molecule has 3 unspecified atom stereocenters. The molecule has 1 aliphatic rings. The van der Waals surface area contributed by atoms with Crippen molar-refractivity contribution in [3.8, 4) is 0 Å². The number of carbonyl (C=O) groups excluding carboxylic acids is 1. The molecule has 0 radical (unpaired) electrons. The van der Waals surface area contributed by atoms with Crippen LogP contribution in [0.1, 0.15) is 31.4 Å². The number of hydrogen-bond donors (Lipinski definition) is 1. The lowest BCUT2D eigenvalue weighted by Gasteiger charge is -2.19.